The number of rotatable bonds is 6. The molecule has 0 bridgehead atoms. The minimum atomic E-state index is 0.0376. The molecular weight excluding hydrogens is 490 g/mol. The number of fused-ring (bicyclic) bond motifs is 2. The molecule has 1 saturated heterocycles. The van der Waals surface area contributed by atoms with E-state index in [0.717, 1.165) is 81.5 Å². The number of H-pyrrole nitrogens is 2. The minimum absolute atomic E-state index is 0.0376. The van der Waals surface area contributed by atoms with Crippen molar-refractivity contribution in [3.05, 3.63) is 73.6 Å². The van der Waals surface area contributed by atoms with Crippen LogP contribution in [0.3, 0.4) is 0 Å². The maximum atomic E-state index is 12.7. The first-order valence-corrected chi connectivity index (χ1v) is 13.2. The normalized spacial score (nSPS) is 14.3. The topological polar surface area (TPSA) is 125 Å². The van der Waals surface area contributed by atoms with E-state index >= 15 is 0 Å². The lowest BCUT2D eigenvalue weighted by molar-refractivity contribution is -0.117. The van der Waals surface area contributed by atoms with E-state index in [2.05, 4.69) is 47.9 Å². The molecule has 194 valence electrons. The number of hydrogen-bond acceptors (Lipinski definition) is 6. The first-order chi connectivity index (χ1) is 19.2. The standard InChI is InChI=1S/C30H27N7O2/c38-28(11-18-3-7-31-8-4-18)34-22-12-21(15-32-16-22)19-1-2-26-25(13-19)29(37-36-26)27-14-24-23(20-6-10-39-17-20)5-9-33-30(24)35-27/h1-2,5-6,9-10,12-18,31H,3-4,7-8,11H2,(H,33,35)(H,34,38)(H,36,37). The maximum absolute atomic E-state index is 12.7. The van der Waals surface area contributed by atoms with Gasteiger partial charge in [0.15, 0.2) is 0 Å². The first kappa shape index (κ1) is 23.4. The number of amides is 1. The molecule has 0 radical (unpaired) electrons. The number of anilines is 1. The predicted molar refractivity (Wildman–Crippen MR) is 151 cm³/mol. The number of hydrogen-bond donors (Lipinski definition) is 4. The van der Waals surface area contributed by atoms with Gasteiger partial charge >= 0.3 is 0 Å². The molecule has 1 aromatic carbocycles. The van der Waals surface area contributed by atoms with Crippen LogP contribution in [0.25, 0.3) is 55.6 Å². The zero-order valence-corrected chi connectivity index (χ0v) is 21.2. The zero-order valence-electron chi connectivity index (χ0n) is 21.2. The van der Waals surface area contributed by atoms with Gasteiger partial charge in [0.25, 0.3) is 0 Å². The fourth-order valence-corrected chi connectivity index (χ4v) is 5.45. The van der Waals surface area contributed by atoms with E-state index < -0.39 is 0 Å². The van der Waals surface area contributed by atoms with Gasteiger partial charge in [-0.15, -0.1) is 0 Å². The van der Waals surface area contributed by atoms with Crippen LogP contribution in [-0.4, -0.2) is 44.1 Å². The molecule has 39 heavy (non-hydrogen) atoms. The summed E-state index contributed by atoms with van der Waals surface area (Å²) in [6, 6.07) is 14.1. The van der Waals surface area contributed by atoms with Crippen molar-refractivity contribution in [3.8, 4) is 33.6 Å². The lowest BCUT2D eigenvalue weighted by atomic mass is 9.94. The van der Waals surface area contributed by atoms with Crippen molar-refractivity contribution in [1.82, 2.24) is 30.5 Å². The highest BCUT2D eigenvalue weighted by atomic mass is 16.3. The third kappa shape index (κ3) is 4.57. The number of pyridine rings is 2. The molecule has 1 amide bonds. The fraction of sp³-hybridized carbons (Fsp3) is 0.200. The Bertz CT molecular complexity index is 1780. The molecule has 7 rings (SSSR count). The van der Waals surface area contributed by atoms with Crippen LogP contribution < -0.4 is 10.6 Å². The third-order valence-electron chi connectivity index (χ3n) is 7.47. The molecule has 9 nitrogen and oxygen atoms in total. The van der Waals surface area contributed by atoms with Crippen LogP contribution >= 0.6 is 0 Å². The van der Waals surface area contributed by atoms with E-state index in [-0.39, 0.29) is 5.91 Å². The van der Waals surface area contributed by atoms with Crippen molar-refractivity contribution in [2.24, 2.45) is 5.92 Å². The number of nitrogens with zero attached hydrogens (tertiary/aromatic N) is 3. The number of carbonyl (C=O) groups is 1. The summed E-state index contributed by atoms with van der Waals surface area (Å²) < 4.78 is 5.29. The highest BCUT2D eigenvalue weighted by Gasteiger charge is 2.18. The Morgan fingerprint density at radius 3 is 2.79 bits per heavy atom. The summed E-state index contributed by atoms with van der Waals surface area (Å²) >= 11 is 0. The molecule has 5 aromatic heterocycles. The van der Waals surface area contributed by atoms with Gasteiger partial charge in [0.05, 0.1) is 35.6 Å². The Morgan fingerprint density at radius 2 is 1.92 bits per heavy atom. The Morgan fingerprint density at radius 1 is 1.00 bits per heavy atom. The maximum Gasteiger partial charge on any atom is 0.224 e. The van der Waals surface area contributed by atoms with Gasteiger partial charge in [-0.05, 0) is 79.4 Å². The molecule has 0 atom stereocenters. The van der Waals surface area contributed by atoms with Crippen molar-refractivity contribution >= 4 is 33.5 Å². The van der Waals surface area contributed by atoms with Crippen LogP contribution in [0.5, 0.6) is 0 Å². The van der Waals surface area contributed by atoms with Crippen LogP contribution in [0.15, 0.2) is 78.0 Å². The predicted octanol–water partition coefficient (Wildman–Crippen LogP) is 5.76. The molecule has 6 aromatic rings. The van der Waals surface area contributed by atoms with Crippen molar-refractivity contribution in [2.75, 3.05) is 18.4 Å². The summed E-state index contributed by atoms with van der Waals surface area (Å²) in [6.45, 7) is 1.96. The van der Waals surface area contributed by atoms with Gasteiger partial charge in [0.1, 0.15) is 11.3 Å². The van der Waals surface area contributed by atoms with Crippen molar-refractivity contribution in [3.63, 3.8) is 0 Å². The molecule has 4 N–H and O–H groups in total. The fourth-order valence-electron chi connectivity index (χ4n) is 5.45. The lowest BCUT2D eigenvalue weighted by Gasteiger charge is -2.21. The number of furan rings is 1. The van der Waals surface area contributed by atoms with Crippen molar-refractivity contribution in [1.29, 1.82) is 0 Å². The zero-order chi connectivity index (χ0) is 26.2. The Labute approximate surface area is 224 Å². The molecule has 0 spiro atoms. The molecule has 1 fully saturated rings. The molecule has 6 heterocycles. The third-order valence-corrected chi connectivity index (χ3v) is 7.47. The smallest absolute Gasteiger partial charge is 0.224 e. The molecule has 1 aliphatic rings. The van der Waals surface area contributed by atoms with E-state index in [1.54, 1.807) is 24.9 Å². The van der Waals surface area contributed by atoms with E-state index in [0.29, 0.717) is 18.0 Å². The largest absolute Gasteiger partial charge is 0.472 e. The number of piperidine rings is 1. The minimum Gasteiger partial charge on any atom is -0.472 e. The van der Waals surface area contributed by atoms with Crippen LogP contribution in [0.4, 0.5) is 5.69 Å². The van der Waals surface area contributed by atoms with Gasteiger partial charge < -0.3 is 20.0 Å². The van der Waals surface area contributed by atoms with Gasteiger partial charge in [-0.3, -0.25) is 14.9 Å². The number of benzene rings is 1. The summed E-state index contributed by atoms with van der Waals surface area (Å²) in [5, 5.41) is 16.1. The number of aromatic nitrogens is 5. The van der Waals surface area contributed by atoms with Gasteiger partial charge in [-0.1, -0.05) is 6.07 Å². The summed E-state index contributed by atoms with van der Waals surface area (Å²) in [6.07, 6.45) is 11.3. The quantitative estimate of drug-likeness (QED) is 0.223. The number of carbonyl (C=O) groups excluding carboxylic acids is 1. The second-order valence-corrected chi connectivity index (χ2v) is 10.1. The number of aromatic amines is 2. The van der Waals surface area contributed by atoms with Gasteiger partial charge in [0.2, 0.25) is 5.91 Å². The average molecular weight is 518 g/mol. The lowest BCUT2D eigenvalue weighted by Crippen LogP contribution is -2.30. The Balaban J connectivity index is 1.19. The van der Waals surface area contributed by atoms with E-state index in [4.69, 9.17) is 4.42 Å². The SMILES string of the molecule is O=C(CC1CCNCC1)Nc1cncc(-c2ccc3[nH]nc(-c4cc5c(-c6ccoc6)ccnc5[nH]4)c3c2)c1. The average Bonchev–Trinajstić information content (AvgIpc) is 3.73. The van der Waals surface area contributed by atoms with E-state index in [9.17, 15) is 4.79 Å². The van der Waals surface area contributed by atoms with E-state index in [1.807, 2.05) is 36.5 Å². The molecule has 0 saturated carbocycles. The highest BCUT2D eigenvalue weighted by molar-refractivity contribution is 6.00. The van der Waals surface area contributed by atoms with Gasteiger partial charge in [-0.25, -0.2) is 4.98 Å². The van der Waals surface area contributed by atoms with Crippen molar-refractivity contribution in [2.45, 2.75) is 19.3 Å². The van der Waals surface area contributed by atoms with Gasteiger partial charge in [0, 0.05) is 40.7 Å². The highest BCUT2D eigenvalue weighted by Crippen LogP contribution is 2.35. The van der Waals surface area contributed by atoms with Crippen LogP contribution in [-0.2, 0) is 4.79 Å². The summed E-state index contributed by atoms with van der Waals surface area (Å²) in [7, 11) is 0. The van der Waals surface area contributed by atoms with Crippen LogP contribution in [0, 0.1) is 5.92 Å². The van der Waals surface area contributed by atoms with Crippen molar-refractivity contribution < 1.29 is 9.21 Å². The molecule has 0 unspecified atom stereocenters. The monoisotopic (exact) mass is 517 g/mol. The molecule has 1 aliphatic heterocycles. The van der Waals surface area contributed by atoms with Crippen LogP contribution in [0.2, 0.25) is 0 Å². The summed E-state index contributed by atoms with van der Waals surface area (Å²) in [4.78, 5) is 25.0. The second kappa shape index (κ2) is 9.85. The molecule has 9 heteroatoms. The Kier molecular flexibility index (Phi) is 5.90. The molecule has 0 aliphatic carbocycles. The number of nitrogens with one attached hydrogen (secondary N) is 4. The summed E-state index contributed by atoms with van der Waals surface area (Å²) in [5.41, 5.74) is 8.04. The first-order valence-electron chi connectivity index (χ1n) is 13.2. The van der Waals surface area contributed by atoms with Crippen LogP contribution in [0.1, 0.15) is 19.3 Å². The van der Waals surface area contributed by atoms with E-state index in [1.165, 1.54) is 0 Å². The Hall–Kier alpha value is -4.76. The molecular formula is C30H27N7O2. The summed E-state index contributed by atoms with van der Waals surface area (Å²) in [5.74, 6) is 0.468. The second-order valence-electron chi connectivity index (χ2n) is 10.1. The van der Waals surface area contributed by atoms with Gasteiger partial charge in [-0.2, -0.15) is 5.10 Å².